The predicted octanol–water partition coefficient (Wildman–Crippen LogP) is 8.56. The van der Waals surface area contributed by atoms with Crippen LogP contribution in [0, 0.1) is 6.07 Å². The van der Waals surface area contributed by atoms with Crippen LogP contribution in [0.1, 0.15) is 0 Å². The summed E-state index contributed by atoms with van der Waals surface area (Å²) in [6, 6.07) is 42.0. The fraction of sp³-hybridized carbons (Fsp3) is 0. The third-order valence-electron chi connectivity index (χ3n) is 6.98. The number of rotatable bonds is 2. The summed E-state index contributed by atoms with van der Waals surface area (Å²) < 4.78 is 3.46. The number of fused-ring (bicyclic) bond motifs is 6. The molecule has 0 bridgehead atoms. The smallest absolute Gasteiger partial charge is 0.166 e. The van der Waals surface area contributed by atoms with Crippen molar-refractivity contribution >= 4 is 64.8 Å². The topological polar surface area (TPSA) is 30.7 Å². The van der Waals surface area contributed by atoms with Gasteiger partial charge in [-0.2, -0.15) is 5.10 Å². The molecule has 1 radical (unpaired) electrons. The molecule has 8 aromatic rings. The van der Waals surface area contributed by atoms with Crippen LogP contribution >= 0.6 is 11.3 Å². The molecule has 3 aromatic heterocycles. The number of aromatic nitrogens is 3. The van der Waals surface area contributed by atoms with Crippen molar-refractivity contribution in [1.29, 1.82) is 0 Å². The van der Waals surface area contributed by atoms with Gasteiger partial charge in [0.1, 0.15) is 0 Å². The minimum Gasteiger partial charge on any atom is -0.292 e. The zero-order valence-corrected chi connectivity index (χ0v) is 22.7. The first-order valence-electron chi connectivity index (χ1n) is 11.9. The van der Waals surface area contributed by atoms with Crippen LogP contribution in [0.4, 0.5) is 0 Å². The summed E-state index contributed by atoms with van der Waals surface area (Å²) in [4.78, 5) is 1.01. The van der Waals surface area contributed by atoms with Gasteiger partial charge in [-0.1, -0.05) is 78.9 Å². The quantitative estimate of drug-likeness (QED) is 0.137. The average molecular weight is 669 g/mol. The Bertz CT molecular complexity index is 2040. The van der Waals surface area contributed by atoms with E-state index in [0.717, 1.165) is 43.6 Å². The Balaban J connectivity index is 0.00000231. The SMILES string of the molecule is [Ir].[c-]1c(-c2nnc(-n3c4ccccc4c4ccccc43)c3cc4ccccc4cc23)sc2ccccc12. The molecule has 177 valence electrons. The van der Waals surface area contributed by atoms with E-state index in [4.69, 9.17) is 10.2 Å². The minimum absolute atomic E-state index is 0. The van der Waals surface area contributed by atoms with Crippen molar-refractivity contribution in [2.45, 2.75) is 0 Å². The third kappa shape index (κ3) is 3.36. The largest absolute Gasteiger partial charge is 0.292 e. The molecular weight excluding hydrogens is 651 g/mol. The molecule has 37 heavy (non-hydrogen) atoms. The van der Waals surface area contributed by atoms with E-state index in [0.29, 0.717) is 0 Å². The van der Waals surface area contributed by atoms with Crippen molar-refractivity contribution < 1.29 is 20.1 Å². The summed E-state index contributed by atoms with van der Waals surface area (Å²) in [6.07, 6.45) is 0. The molecule has 5 heteroatoms. The molecule has 0 amide bonds. The molecule has 3 nitrogen and oxygen atoms in total. The van der Waals surface area contributed by atoms with Crippen LogP contribution in [0.25, 0.3) is 69.8 Å². The molecule has 0 aliphatic rings. The minimum atomic E-state index is 0. The number of hydrogen-bond acceptors (Lipinski definition) is 3. The summed E-state index contributed by atoms with van der Waals surface area (Å²) in [6.45, 7) is 0. The van der Waals surface area contributed by atoms with Crippen LogP contribution in [0.3, 0.4) is 0 Å². The first-order chi connectivity index (χ1) is 17.8. The average Bonchev–Trinajstić information content (AvgIpc) is 3.51. The zero-order chi connectivity index (χ0) is 23.6. The Labute approximate surface area is 230 Å². The first-order valence-corrected chi connectivity index (χ1v) is 12.8. The molecule has 0 saturated heterocycles. The van der Waals surface area contributed by atoms with Gasteiger partial charge in [0.2, 0.25) is 0 Å². The standard InChI is InChI=1S/C32H18N3S.Ir/c1-2-10-21-18-26-25(17-20(21)9-1)31(30-19-22-11-3-8-16-29(22)36-30)33-34-32(26)35-27-14-6-4-12-23(27)24-13-5-7-15-28(24)35;/h1-18H;/q-1;. The van der Waals surface area contributed by atoms with Gasteiger partial charge in [0.25, 0.3) is 0 Å². The van der Waals surface area contributed by atoms with Crippen LogP contribution < -0.4 is 0 Å². The molecule has 0 unspecified atom stereocenters. The van der Waals surface area contributed by atoms with E-state index >= 15 is 0 Å². The van der Waals surface area contributed by atoms with E-state index in [1.807, 2.05) is 0 Å². The Morgan fingerprint density at radius 2 is 1.19 bits per heavy atom. The Morgan fingerprint density at radius 1 is 0.595 bits per heavy atom. The van der Waals surface area contributed by atoms with E-state index in [1.54, 1.807) is 11.3 Å². The van der Waals surface area contributed by atoms with E-state index in [2.05, 4.69) is 120 Å². The second-order valence-corrected chi connectivity index (χ2v) is 10.1. The molecule has 0 N–H and O–H groups in total. The van der Waals surface area contributed by atoms with Gasteiger partial charge >= 0.3 is 0 Å². The fourth-order valence-electron chi connectivity index (χ4n) is 5.33. The van der Waals surface area contributed by atoms with Crippen molar-refractivity contribution in [3.63, 3.8) is 0 Å². The molecule has 0 atom stereocenters. The Hall–Kier alpha value is -3.89. The zero-order valence-electron chi connectivity index (χ0n) is 19.5. The fourth-order valence-corrected chi connectivity index (χ4v) is 6.34. The van der Waals surface area contributed by atoms with Crippen LogP contribution in [0.5, 0.6) is 0 Å². The second kappa shape index (κ2) is 8.60. The summed E-state index contributed by atoms with van der Waals surface area (Å²) in [5.74, 6) is 0.845. The third-order valence-corrected chi connectivity index (χ3v) is 8.06. The summed E-state index contributed by atoms with van der Waals surface area (Å²) in [7, 11) is 0. The molecule has 0 aliphatic carbocycles. The summed E-state index contributed by atoms with van der Waals surface area (Å²) >= 11 is 1.71. The normalized spacial score (nSPS) is 11.6. The summed E-state index contributed by atoms with van der Waals surface area (Å²) in [5, 5.41) is 17.8. The van der Waals surface area contributed by atoms with Gasteiger partial charge in [0.15, 0.2) is 5.82 Å². The molecule has 0 aliphatic heterocycles. The van der Waals surface area contributed by atoms with E-state index in [9.17, 15) is 0 Å². The molecule has 0 saturated carbocycles. The summed E-state index contributed by atoms with van der Waals surface area (Å²) in [5.41, 5.74) is 3.13. The van der Waals surface area contributed by atoms with Gasteiger partial charge in [0.05, 0.1) is 11.0 Å². The number of hydrogen-bond donors (Lipinski definition) is 0. The van der Waals surface area contributed by atoms with E-state index < -0.39 is 0 Å². The van der Waals surface area contributed by atoms with E-state index in [-0.39, 0.29) is 20.1 Å². The van der Waals surface area contributed by atoms with Crippen LogP contribution in [-0.4, -0.2) is 14.8 Å². The van der Waals surface area contributed by atoms with Gasteiger partial charge in [-0.3, -0.25) is 4.57 Å². The number of thiophene rings is 1. The van der Waals surface area contributed by atoms with Crippen molar-refractivity contribution in [1.82, 2.24) is 14.8 Å². The Morgan fingerprint density at radius 3 is 1.89 bits per heavy atom. The van der Waals surface area contributed by atoms with E-state index in [1.165, 1.54) is 26.2 Å². The number of para-hydroxylation sites is 2. The molecular formula is C32H18IrN3S-. The molecule has 0 spiro atoms. The van der Waals surface area contributed by atoms with Crippen molar-refractivity contribution in [2.75, 3.05) is 0 Å². The predicted molar refractivity (Wildman–Crippen MR) is 151 cm³/mol. The van der Waals surface area contributed by atoms with Crippen molar-refractivity contribution in [3.8, 4) is 16.4 Å². The molecule has 5 aromatic carbocycles. The number of benzene rings is 5. The molecule has 8 rings (SSSR count). The van der Waals surface area contributed by atoms with Crippen molar-refractivity contribution in [3.05, 3.63) is 115 Å². The molecule has 0 fully saturated rings. The van der Waals surface area contributed by atoms with Crippen LogP contribution in [0.2, 0.25) is 0 Å². The Kier molecular flexibility index (Phi) is 5.19. The maximum atomic E-state index is 4.90. The molecule has 3 heterocycles. The number of nitrogens with zero attached hydrogens (tertiary/aromatic N) is 3. The van der Waals surface area contributed by atoms with Crippen LogP contribution in [0.15, 0.2) is 109 Å². The van der Waals surface area contributed by atoms with Crippen LogP contribution in [-0.2, 0) is 20.1 Å². The maximum absolute atomic E-state index is 4.90. The maximum Gasteiger partial charge on any atom is 0.166 e. The van der Waals surface area contributed by atoms with Gasteiger partial charge in [-0.25, -0.2) is 11.3 Å². The van der Waals surface area contributed by atoms with Gasteiger partial charge in [0, 0.05) is 42.0 Å². The van der Waals surface area contributed by atoms with Gasteiger partial charge < -0.3 is 0 Å². The van der Waals surface area contributed by atoms with Crippen molar-refractivity contribution in [2.24, 2.45) is 0 Å². The van der Waals surface area contributed by atoms with Gasteiger partial charge in [-0.05, 0) is 43.9 Å². The monoisotopic (exact) mass is 669 g/mol. The second-order valence-electron chi connectivity index (χ2n) is 9.04. The first kappa shape index (κ1) is 22.3. The van der Waals surface area contributed by atoms with Gasteiger partial charge in [-0.15, -0.1) is 28.7 Å².